The molecule has 10 heteroatoms. The van der Waals surface area contributed by atoms with E-state index in [9.17, 15) is 4.79 Å². The Hall–Kier alpha value is -4.70. The minimum atomic E-state index is -0.573. The fourth-order valence-corrected chi connectivity index (χ4v) is 5.96. The van der Waals surface area contributed by atoms with Gasteiger partial charge in [-0.2, -0.15) is 0 Å². The lowest BCUT2D eigenvalue weighted by molar-refractivity contribution is 0.245. The maximum Gasteiger partial charge on any atom is 0.319 e. The van der Waals surface area contributed by atoms with Gasteiger partial charge in [0.1, 0.15) is 0 Å². The normalized spacial score (nSPS) is 15.7. The van der Waals surface area contributed by atoms with Gasteiger partial charge in [0.2, 0.25) is 5.75 Å². The van der Waals surface area contributed by atoms with Gasteiger partial charge in [0, 0.05) is 35.8 Å². The van der Waals surface area contributed by atoms with Crippen LogP contribution in [0.1, 0.15) is 23.1 Å². The van der Waals surface area contributed by atoms with E-state index in [4.69, 9.17) is 23.7 Å². The monoisotopic (exact) mass is 586 g/mol. The second kappa shape index (κ2) is 13.1. The van der Waals surface area contributed by atoms with Gasteiger partial charge in [-0.25, -0.2) is 4.79 Å². The van der Waals surface area contributed by atoms with Gasteiger partial charge in [-0.15, -0.1) is 0 Å². The third-order valence-electron chi connectivity index (χ3n) is 8.00. The summed E-state index contributed by atoms with van der Waals surface area (Å²) in [6.45, 7) is 1.14. The van der Waals surface area contributed by atoms with Crippen LogP contribution in [-0.2, 0) is 18.4 Å². The number of nitrogens with one attached hydrogen (secondary N) is 3. The topological polar surface area (TPSA) is 112 Å². The molecule has 1 atom stereocenters. The van der Waals surface area contributed by atoms with Crippen LogP contribution >= 0.6 is 0 Å². The minimum Gasteiger partial charge on any atom is -0.493 e. The highest BCUT2D eigenvalue weighted by molar-refractivity contribution is 6.00. The van der Waals surface area contributed by atoms with E-state index in [0.29, 0.717) is 53.8 Å². The zero-order chi connectivity index (χ0) is 30.4. The van der Waals surface area contributed by atoms with Crippen LogP contribution in [0.3, 0.4) is 0 Å². The zero-order valence-corrected chi connectivity index (χ0v) is 25.2. The molecule has 3 N–H and O–H groups in total. The highest BCUT2D eigenvalue weighted by atomic mass is 16.5. The summed E-state index contributed by atoms with van der Waals surface area (Å²) in [6, 6.07) is 17.2. The lowest BCUT2D eigenvalue weighted by Crippen LogP contribution is -2.51. The van der Waals surface area contributed by atoms with Gasteiger partial charge < -0.3 is 39.6 Å². The summed E-state index contributed by atoms with van der Waals surface area (Å²) in [6.07, 6.45) is 3.65. The molecule has 0 bridgehead atoms. The molecule has 0 aliphatic carbocycles. The summed E-state index contributed by atoms with van der Waals surface area (Å²) in [4.78, 5) is 17.5. The van der Waals surface area contributed by atoms with Gasteiger partial charge in [0.15, 0.2) is 23.0 Å². The summed E-state index contributed by atoms with van der Waals surface area (Å²) in [7, 11) is 8.09. The van der Waals surface area contributed by atoms with Gasteiger partial charge in [-0.1, -0.05) is 24.3 Å². The Kier molecular flexibility index (Phi) is 9.06. The Morgan fingerprint density at radius 2 is 1.63 bits per heavy atom. The van der Waals surface area contributed by atoms with Crippen molar-refractivity contribution in [3.63, 3.8) is 0 Å². The Labute approximate surface area is 251 Å². The van der Waals surface area contributed by atoms with Crippen molar-refractivity contribution < 1.29 is 28.5 Å². The van der Waals surface area contributed by atoms with E-state index >= 15 is 0 Å². The van der Waals surface area contributed by atoms with Crippen LogP contribution in [0.25, 0.3) is 10.9 Å². The number of ether oxygens (including phenoxy) is 5. The summed E-state index contributed by atoms with van der Waals surface area (Å²) in [5.74, 6) is 3.04. The number of rotatable bonds is 11. The van der Waals surface area contributed by atoms with Crippen molar-refractivity contribution in [1.82, 2.24) is 15.6 Å². The number of carbonyl (C=O) groups is 1. The van der Waals surface area contributed by atoms with Crippen molar-refractivity contribution in [2.24, 2.45) is 0 Å². The molecule has 2 amide bonds. The van der Waals surface area contributed by atoms with Gasteiger partial charge in [-0.05, 0) is 60.7 Å². The highest BCUT2D eigenvalue weighted by Gasteiger charge is 2.39. The van der Waals surface area contributed by atoms with Gasteiger partial charge in [0.25, 0.3) is 0 Å². The molecule has 0 saturated carbocycles. The van der Waals surface area contributed by atoms with Crippen molar-refractivity contribution >= 4 is 22.6 Å². The van der Waals surface area contributed by atoms with Gasteiger partial charge >= 0.3 is 6.03 Å². The Morgan fingerprint density at radius 1 is 0.884 bits per heavy atom. The molecule has 1 unspecified atom stereocenters. The van der Waals surface area contributed by atoms with Crippen molar-refractivity contribution in [3.8, 4) is 28.7 Å². The smallest absolute Gasteiger partial charge is 0.319 e. The van der Waals surface area contributed by atoms with E-state index in [1.54, 1.807) is 47.8 Å². The number of methoxy groups -OCH3 is 5. The molecule has 1 aromatic heterocycles. The summed E-state index contributed by atoms with van der Waals surface area (Å²) < 4.78 is 28.4. The largest absolute Gasteiger partial charge is 0.493 e. The van der Waals surface area contributed by atoms with Crippen molar-refractivity contribution in [2.75, 3.05) is 54.0 Å². The number of para-hydroxylation sites is 1. The van der Waals surface area contributed by atoms with E-state index in [1.165, 1.54) is 0 Å². The first-order chi connectivity index (χ1) is 21.0. The van der Waals surface area contributed by atoms with Crippen LogP contribution in [0, 0.1) is 0 Å². The molecule has 10 nitrogen and oxygen atoms in total. The lowest BCUT2D eigenvalue weighted by Gasteiger charge is -2.41. The number of urea groups is 1. The number of carbonyl (C=O) groups excluding carboxylic acids is 1. The fraction of sp³-hybridized carbons (Fsp3) is 0.333. The summed E-state index contributed by atoms with van der Waals surface area (Å²) in [5, 5.41) is 10.7. The Balaban J connectivity index is 1.47. The first-order valence-electron chi connectivity index (χ1n) is 14.1. The van der Waals surface area contributed by atoms with Crippen LogP contribution in [0.2, 0.25) is 0 Å². The molecule has 4 aromatic rings. The number of anilines is 1. The molecule has 1 aliphatic rings. The molecule has 5 rings (SSSR count). The van der Waals surface area contributed by atoms with E-state index in [-0.39, 0.29) is 6.03 Å². The molecule has 0 spiro atoms. The van der Waals surface area contributed by atoms with Crippen LogP contribution in [-0.4, -0.2) is 59.7 Å². The Morgan fingerprint density at radius 3 is 2.37 bits per heavy atom. The average Bonchev–Trinajstić information content (AvgIpc) is 3.04. The maximum absolute atomic E-state index is 13.1. The van der Waals surface area contributed by atoms with Gasteiger partial charge in [-0.3, -0.25) is 4.98 Å². The second-order valence-electron chi connectivity index (χ2n) is 10.3. The number of nitrogens with zero attached hydrogens (tertiary/aromatic N) is 1. The quantitative estimate of drug-likeness (QED) is 0.223. The third-order valence-corrected chi connectivity index (χ3v) is 8.00. The molecular weight excluding hydrogens is 548 g/mol. The molecule has 3 aromatic carbocycles. The highest BCUT2D eigenvalue weighted by Crippen LogP contribution is 2.45. The van der Waals surface area contributed by atoms with E-state index in [2.05, 4.69) is 20.9 Å². The first-order valence-corrected chi connectivity index (χ1v) is 14.1. The van der Waals surface area contributed by atoms with Crippen molar-refractivity contribution in [1.29, 1.82) is 0 Å². The zero-order valence-electron chi connectivity index (χ0n) is 25.2. The molecule has 1 aliphatic heterocycles. The van der Waals surface area contributed by atoms with Crippen LogP contribution in [0.15, 0.2) is 60.8 Å². The maximum atomic E-state index is 13.1. The molecule has 0 fully saturated rings. The van der Waals surface area contributed by atoms with E-state index in [0.717, 1.165) is 40.6 Å². The SMILES string of the molecule is COc1cc2c(cc1OC)C(CCNC(=O)Nc1ccnc3ccccc13)(Cc1ccc(OC)c(OC)c1OC)NCC2. The van der Waals surface area contributed by atoms with Crippen molar-refractivity contribution in [3.05, 3.63) is 77.5 Å². The predicted octanol–water partition coefficient (Wildman–Crippen LogP) is 5.07. The van der Waals surface area contributed by atoms with Crippen molar-refractivity contribution in [2.45, 2.75) is 24.8 Å². The molecule has 0 radical (unpaired) electrons. The predicted molar refractivity (Wildman–Crippen MR) is 166 cm³/mol. The lowest BCUT2D eigenvalue weighted by atomic mass is 9.75. The average molecular weight is 587 g/mol. The van der Waals surface area contributed by atoms with Crippen LogP contribution < -0.4 is 39.6 Å². The standard InChI is InChI=1S/C33H38N4O6/c1-39-27-11-10-22(30(42-4)31(27)43-5)20-33(24-19-29(41-3)28(40-2)18-21(24)12-16-36-33)14-17-35-32(38)37-26-13-15-34-25-9-7-6-8-23(25)26/h6-11,13,15,18-19,36H,12,14,16-17,20H2,1-5H3,(H2,34,35,37,38). The molecule has 0 saturated heterocycles. The number of benzene rings is 3. The minimum absolute atomic E-state index is 0.293. The molecular formula is C33H38N4O6. The Bertz CT molecular complexity index is 1610. The molecule has 43 heavy (non-hydrogen) atoms. The first kappa shape index (κ1) is 29.8. The molecule has 226 valence electrons. The van der Waals surface area contributed by atoms with Crippen LogP contribution in [0.4, 0.5) is 10.5 Å². The number of pyridine rings is 1. The van der Waals surface area contributed by atoms with Crippen LogP contribution in [0.5, 0.6) is 28.7 Å². The second-order valence-corrected chi connectivity index (χ2v) is 10.3. The third kappa shape index (κ3) is 5.96. The number of aromatic nitrogens is 1. The number of fused-ring (bicyclic) bond motifs is 2. The molecule has 2 heterocycles. The number of hydrogen-bond donors (Lipinski definition) is 3. The fourth-order valence-electron chi connectivity index (χ4n) is 5.96. The number of amides is 2. The van der Waals surface area contributed by atoms with Gasteiger partial charge in [0.05, 0.1) is 46.8 Å². The van der Waals surface area contributed by atoms with E-state index < -0.39 is 5.54 Å². The summed E-state index contributed by atoms with van der Waals surface area (Å²) >= 11 is 0. The van der Waals surface area contributed by atoms with E-state index in [1.807, 2.05) is 48.5 Å². The summed E-state index contributed by atoms with van der Waals surface area (Å²) in [5.41, 5.74) is 4.11. The number of hydrogen-bond acceptors (Lipinski definition) is 8.